The molecule has 0 saturated heterocycles. The lowest BCUT2D eigenvalue weighted by Gasteiger charge is -2.08. The number of anilines is 4. The maximum absolute atomic E-state index is 8.81. The van der Waals surface area contributed by atoms with Crippen molar-refractivity contribution in [2.24, 2.45) is 0 Å². The van der Waals surface area contributed by atoms with E-state index in [1.807, 2.05) is 36.4 Å². The number of benzene rings is 2. The van der Waals surface area contributed by atoms with Crippen molar-refractivity contribution in [1.82, 2.24) is 9.97 Å². The topological polar surface area (TPSA) is 73.6 Å². The molecule has 3 rings (SSSR count). The van der Waals surface area contributed by atoms with Crippen molar-refractivity contribution in [1.29, 1.82) is 5.26 Å². The van der Waals surface area contributed by atoms with E-state index in [0.717, 1.165) is 15.8 Å². The maximum atomic E-state index is 8.81. The van der Waals surface area contributed by atoms with Crippen LogP contribution in [0.3, 0.4) is 0 Å². The van der Waals surface area contributed by atoms with Gasteiger partial charge in [0, 0.05) is 22.0 Å². The van der Waals surface area contributed by atoms with Gasteiger partial charge in [-0.3, -0.25) is 0 Å². The summed E-state index contributed by atoms with van der Waals surface area (Å²) in [5, 5.41) is 15.1. The zero-order chi connectivity index (χ0) is 16.1. The second-order valence-electron chi connectivity index (χ2n) is 4.71. The first-order valence-corrected chi connectivity index (χ1v) is 7.65. The number of hydrogen-bond donors (Lipinski definition) is 2. The molecular weight excluding hydrogens is 354 g/mol. The first kappa shape index (κ1) is 15.0. The summed E-state index contributed by atoms with van der Waals surface area (Å²) in [5.74, 6) is 1.17. The predicted molar refractivity (Wildman–Crippen MR) is 93.9 cm³/mol. The molecule has 3 aromatic rings. The SMILES string of the molecule is N#Cc1ccc(Nc2ccnc(Nc3cccc(Br)c3)n2)cc1. The van der Waals surface area contributed by atoms with Gasteiger partial charge in [-0.2, -0.15) is 10.2 Å². The molecule has 0 unspecified atom stereocenters. The van der Waals surface area contributed by atoms with Crippen molar-refractivity contribution in [3.05, 3.63) is 70.8 Å². The van der Waals surface area contributed by atoms with Gasteiger partial charge in [-0.25, -0.2) is 4.98 Å². The first-order valence-electron chi connectivity index (χ1n) is 6.86. The Morgan fingerprint density at radius 2 is 1.78 bits per heavy atom. The standard InChI is InChI=1S/C17H12BrN5/c18-13-2-1-3-15(10-13)22-17-20-9-8-16(23-17)21-14-6-4-12(11-19)5-7-14/h1-10H,(H2,20,21,22,23). The Morgan fingerprint density at radius 1 is 0.957 bits per heavy atom. The summed E-state index contributed by atoms with van der Waals surface area (Å²) in [7, 11) is 0. The van der Waals surface area contributed by atoms with E-state index in [1.54, 1.807) is 24.4 Å². The van der Waals surface area contributed by atoms with Gasteiger partial charge >= 0.3 is 0 Å². The smallest absolute Gasteiger partial charge is 0.229 e. The third-order valence-electron chi connectivity index (χ3n) is 3.02. The van der Waals surface area contributed by atoms with Crippen LogP contribution in [0.15, 0.2) is 65.3 Å². The summed E-state index contributed by atoms with van der Waals surface area (Å²) >= 11 is 3.43. The molecule has 1 aromatic heterocycles. The van der Waals surface area contributed by atoms with E-state index in [9.17, 15) is 0 Å². The molecule has 6 heteroatoms. The first-order chi connectivity index (χ1) is 11.2. The fraction of sp³-hybridized carbons (Fsp3) is 0. The highest BCUT2D eigenvalue weighted by Crippen LogP contribution is 2.20. The Bertz CT molecular complexity index is 855. The van der Waals surface area contributed by atoms with Gasteiger partial charge in [0.1, 0.15) is 5.82 Å². The van der Waals surface area contributed by atoms with Crippen molar-refractivity contribution in [3.8, 4) is 6.07 Å². The Hall–Kier alpha value is -2.91. The molecule has 0 aliphatic rings. The van der Waals surface area contributed by atoms with Gasteiger partial charge in [-0.15, -0.1) is 0 Å². The van der Waals surface area contributed by atoms with Crippen LogP contribution < -0.4 is 10.6 Å². The minimum absolute atomic E-state index is 0.502. The lowest BCUT2D eigenvalue weighted by molar-refractivity contribution is 1.16. The second kappa shape index (κ2) is 6.90. The number of nitriles is 1. The molecule has 0 radical (unpaired) electrons. The molecule has 0 saturated carbocycles. The fourth-order valence-corrected chi connectivity index (χ4v) is 2.36. The monoisotopic (exact) mass is 365 g/mol. The number of rotatable bonds is 4. The third kappa shape index (κ3) is 4.05. The van der Waals surface area contributed by atoms with Crippen molar-refractivity contribution >= 4 is 39.1 Å². The molecule has 0 amide bonds. The summed E-state index contributed by atoms with van der Waals surface area (Å²) in [5.41, 5.74) is 2.38. The van der Waals surface area contributed by atoms with Crippen LogP contribution in [0.5, 0.6) is 0 Å². The Labute approximate surface area is 142 Å². The van der Waals surface area contributed by atoms with Crippen molar-refractivity contribution in [2.75, 3.05) is 10.6 Å². The minimum atomic E-state index is 0.502. The number of halogens is 1. The molecule has 0 atom stereocenters. The van der Waals surface area contributed by atoms with E-state index in [-0.39, 0.29) is 0 Å². The largest absolute Gasteiger partial charge is 0.340 e. The van der Waals surface area contributed by atoms with Crippen molar-refractivity contribution in [3.63, 3.8) is 0 Å². The second-order valence-corrected chi connectivity index (χ2v) is 5.63. The number of nitrogens with zero attached hydrogens (tertiary/aromatic N) is 3. The van der Waals surface area contributed by atoms with Crippen molar-refractivity contribution < 1.29 is 0 Å². The van der Waals surface area contributed by atoms with E-state index >= 15 is 0 Å². The Morgan fingerprint density at radius 3 is 2.52 bits per heavy atom. The zero-order valence-electron chi connectivity index (χ0n) is 12.0. The molecule has 5 nitrogen and oxygen atoms in total. The van der Waals surface area contributed by atoms with E-state index in [2.05, 4.69) is 42.6 Å². The highest BCUT2D eigenvalue weighted by Gasteiger charge is 2.02. The van der Waals surface area contributed by atoms with Crippen LogP contribution in [-0.2, 0) is 0 Å². The average molecular weight is 366 g/mol. The Kier molecular flexibility index (Phi) is 4.50. The van der Waals surface area contributed by atoms with Gasteiger partial charge in [0.15, 0.2) is 0 Å². The number of nitrogens with one attached hydrogen (secondary N) is 2. The molecule has 0 bridgehead atoms. The lowest BCUT2D eigenvalue weighted by Crippen LogP contribution is -2.00. The van der Waals surface area contributed by atoms with Gasteiger partial charge in [0.2, 0.25) is 5.95 Å². The molecule has 2 N–H and O–H groups in total. The van der Waals surface area contributed by atoms with Crippen LogP contribution in [0.1, 0.15) is 5.56 Å². The van der Waals surface area contributed by atoms with Crippen LogP contribution in [0, 0.1) is 11.3 Å². The third-order valence-corrected chi connectivity index (χ3v) is 3.52. The molecule has 0 aliphatic carbocycles. The Balaban J connectivity index is 1.75. The van der Waals surface area contributed by atoms with Gasteiger partial charge in [-0.1, -0.05) is 22.0 Å². The van der Waals surface area contributed by atoms with Gasteiger partial charge in [0.25, 0.3) is 0 Å². The van der Waals surface area contributed by atoms with Crippen LogP contribution >= 0.6 is 15.9 Å². The molecule has 112 valence electrons. The molecule has 0 aliphatic heterocycles. The number of hydrogen-bond acceptors (Lipinski definition) is 5. The summed E-state index contributed by atoms with van der Waals surface area (Å²) in [4.78, 5) is 8.63. The normalized spacial score (nSPS) is 9.91. The van der Waals surface area contributed by atoms with Gasteiger partial charge in [-0.05, 0) is 48.5 Å². The summed E-state index contributed by atoms with van der Waals surface area (Å²) < 4.78 is 0.981. The molecule has 1 heterocycles. The molecule has 2 aromatic carbocycles. The van der Waals surface area contributed by atoms with Crippen LogP contribution in [0.2, 0.25) is 0 Å². The molecular formula is C17H12BrN5. The van der Waals surface area contributed by atoms with E-state index in [4.69, 9.17) is 5.26 Å². The summed E-state index contributed by atoms with van der Waals surface area (Å²) in [6.07, 6.45) is 1.68. The lowest BCUT2D eigenvalue weighted by atomic mass is 10.2. The zero-order valence-corrected chi connectivity index (χ0v) is 13.6. The number of aromatic nitrogens is 2. The van der Waals surface area contributed by atoms with Gasteiger partial charge in [0.05, 0.1) is 11.6 Å². The van der Waals surface area contributed by atoms with Crippen LogP contribution in [0.25, 0.3) is 0 Å². The minimum Gasteiger partial charge on any atom is -0.340 e. The quantitative estimate of drug-likeness (QED) is 0.706. The molecule has 0 fully saturated rings. The van der Waals surface area contributed by atoms with Crippen molar-refractivity contribution in [2.45, 2.75) is 0 Å². The van der Waals surface area contributed by atoms with Crippen LogP contribution in [-0.4, -0.2) is 9.97 Å². The maximum Gasteiger partial charge on any atom is 0.229 e. The van der Waals surface area contributed by atoms with E-state index in [0.29, 0.717) is 17.3 Å². The average Bonchev–Trinajstić information content (AvgIpc) is 2.56. The van der Waals surface area contributed by atoms with E-state index < -0.39 is 0 Å². The fourth-order valence-electron chi connectivity index (χ4n) is 1.96. The summed E-state index contributed by atoms with van der Waals surface area (Å²) in [6.45, 7) is 0. The highest BCUT2D eigenvalue weighted by atomic mass is 79.9. The van der Waals surface area contributed by atoms with Crippen LogP contribution in [0.4, 0.5) is 23.1 Å². The molecule has 0 spiro atoms. The highest BCUT2D eigenvalue weighted by molar-refractivity contribution is 9.10. The van der Waals surface area contributed by atoms with Gasteiger partial charge < -0.3 is 10.6 Å². The summed E-state index contributed by atoms with van der Waals surface area (Å²) in [6, 6.07) is 18.8. The molecule has 23 heavy (non-hydrogen) atoms. The van der Waals surface area contributed by atoms with E-state index in [1.165, 1.54) is 0 Å². The predicted octanol–water partition coefficient (Wildman–Crippen LogP) is 4.60.